The number of nitrogens with one attached hydrogen (secondary N) is 2. The van der Waals surface area contributed by atoms with E-state index in [0.29, 0.717) is 23.1 Å². The lowest BCUT2D eigenvalue weighted by Crippen LogP contribution is -2.35. The fourth-order valence-electron chi connectivity index (χ4n) is 2.79. The van der Waals surface area contributed by atoms with Crippen LogP contribution in [0.25, 0.3) is 11.5 Å². The van der Waals surface area contributed by atoms with Crippen LogP contribution in [0.1, 0.15) is 36.2 Å². The van der Waals surface area contributed by atoms with Gasteiger partial charge in [-0.15, -0.1) is 0 Å². The quantitative estimate of drug-likeness (QED) is 0.784. The average Bonchev–Trinajstić information content (AvgIpc) is 3.25. The molecule has 0 saturated heterocycles. The number of furan rings is 1. The summed E-state index contributed by atoms with van der Waals surface area (Å²) in [5.41, 5.74) is 0.946. The van der Waals surface area contributed by atoms with Gasteiger partial charge in [-0.25, -0.2) is 0 Å². The normalized spacial score (nSPS) is 17.0. The molecule has 6 heteroatoms. The molecular weight excluding hydrogens is 270 g/mol. The summed E-state index contributed by atoms with van der Waals surface area (Å²) in [4.78, 5) is 12.0. The third-order valence-corrected chi connectivity index (χ3v) is 4.01. The second-order valence-electron chi connectivity index (χ2n) is 5.47. The van der Waals surface area contributed by atoms with Crippen molar-refractivity contribution in [2.24, 2.45) is 5.92 Å². The standard InChI is InChI=1S/C15H19N3O3/c19-13(10-4-1-2-5-10)9-16-15(20)12-8-11(17-18-12)14-6-3-7-21-14/h3,6-8,10,13,19H,1-2,4-5,9H2,(H,16,20)(H,17,18). The van der Waals surface area contributed by atoms with Crippen molar-refractivity contribution in [1.29, 1.82) is 0 Å². The molecule has 21 heavy (non-hydrogen) atoms. The Balaban J connectivity index is 1.55. The van der Waals surface area contributed by atoms with Gasteiger partial charge in [0.25, 0.3) is 5.91 Å². The lowest BCUT2D eigenvalue weighted by atomic mass is 10.0. The van der Waals surface area contributed by atoms with Crippen LogP contribution in [0.15, 0.2) is 28.9 Å². The van der Waals surface area contributed by atoms with Crippen LogP contribution in [-0.2, 0) is 0 Å². The maximum Gasteiger partial charge on any atom is 0.271 e. The van der Waals surface area contributed by atoms with Gasteiger partial charge in [-0.3, -0.25) is 9.89 Å². The second-order valence-corrected chi connectivity index (χ2v) is 5.47. The van der Waals surface area contributed by atoms with Gasteiger partial charge in [0, 0.05) is 12.6 Å². The number of hydrogen-bond donors (Lipinski definition) is 3. The summed E-state index contributed by atoms with van der Waals surface area (Å²) in [6.07, 6.45) is 5.51. The molecule has 112 valence electrons. The molecule has 0 spiro atoms. The van der Waals surface area contributed by atoms with Crippen LogP contribution < -0.4 is 5.32 Å². The number of carbonyl (C=O) groups is 1. The largest absolute Gasteiger partial charge is 0.463 e. The molecule has 1 amide bonds. The van der Waals surface area contributed by atoms with Crippen molar-refractivity contribution in [2.45, 2.75) is 31.8 Å². The second kappa shape index (κ2) is 6.13. The number of aliphatic hydroxyl groups excluding tert-OH is 1. The minimum atomic E-state index is -0.472. The van der Waals surface area contributed by atoms with Crippen LogP contribution in [0, 0.1) is 5.92 Å². The Labute approximate surface area is 122 Å². The minimum absolute atomic E-state index is 0.270. The van der Waals surface area contributed by atoms with Gasteiger partial charge < -0.3 is 14.8 Å². The van der Waals surface area contributed by atoms with Crippen LogP contribution in [-0.4, -0.2) is 33.9 Å². The van der Waals surface area contributed by atoms with E-state index in [1.54, 1.807) is 24.5 Å². The molecule has 1 unspecified atom stereocenters. The number of carbonyl (C=O) groups excluding carboxylic acids is 1. The first kappa shape index (κ1) is 13.9. The highest BCUT2D eigenvalue weighted by atomic mass is 16.3. The molecule has 1 aliphatic carbocycles. The number of H-pyrrole nitrogens is 1. The third-order valence-electron chi connectivity index (χ3n) is 4.01. The molecule has 0 radical (unpaired) electrons. The molecule has 2 aromatic heterocycles. The fourth-order valence-corrected chi connectivity index (χ4v) is 2.79. The Kier molecular flexibility index (Phi) is 4.06. The van der Waals surface area contributed by atoms with Gasteiger partial charge in [0.15, 0.2) is 11.5 Å². The topological polar surface area (TPSA) is 91.1 Å². The van der Waals surface area contributed by atoms with E-state index in [2.05, 4.69) is 15.5 Å². The first-order valence-corrected chi connectivity index (χ1v) is 7.29. The Bertz CT molecular complexity index is 585. The van der Waals surface area contributed by atoms with Gasteiger partial charge in [0.05, 0.1) is 12.4 Å². The molecule has 0 bridgehead atoms. The van der Waals surface area contributed by atoms with Crippen molar-refractivity contribution >= 4 is 5.91 Å². The third kappa shape index (κ3) is 3.16. The Morgan fingerprint density at radius 3 is 3.05 bits per heavy atom. The van der Waals surface area contributed by atoms with Gasteiger partial charge in [0.1, 0.15) is 5.69 Å². The molecule has 2 aromatic rings. The Morgan fingerprint density at radius 2 is 2.33 bits per heavy atom. The van der Waals surface area contributed by atoms with Gasteiger partial charge >= 0.3 is 0 Å². The minimum Gasteiger partial charge on any atom is -0.463 e. The van der Waals surface area contributed by atoms with E-state index in [4.69, 9.17) is 4.42 Å². The monoisotopic (exact) mass is 289 g/mol. The summed E-state index contributed by atoms with van der Waals surface area (Å²) in [6.45, 7) is 0.270. The molecule has 0 aromatic carbocycles. The number of rotatable bonds is 5. The van der Waals surface area contributed by atoms with Crippen molar-refractivity contribution in [2.75, 3.05) is 6.54 Å². The van der Waals surface area contributed by atoms with Gasteiger partial charge in [-0.1, -0.05) is 12.8 Å². The molecular formula is C15H19N3O3. The fraction of sp³-hybridized carbons (Fsp3) is 0.467. The van der Waals surface area contributed by atoms with Crippen molar-refractivity contribution in [1.82, 2.24) is 15.5 Å². The number of aliphatic hydroxyl groups is 1. The lowest BCUT2D eigenvalue weighted by molar-refractivity contribution is 0.0836. The van der Waals surface area contributed by atoms with E-state index in [9.17, 15) is 9.90 Å². The SMILES string of the molecule is O=C(NCC(O)C1CCCC1)c1cc(-c2ccco2)[nH]n1. The van der Waals surface area contributed by atoms with Crippen molar-refractivity contribution in [3.8, 4) is 11.5 Å². The Morgan fingerprint density at radius 1 is 1.52 bits per heavy atom. The van der Waals surface area contributed by atoms with Crippen LogP contribution >= 0.6 is 0 Å². The van der Waals surface area contributed by atoms with E-state index in [1.165, 1.54) is 12.8 Å². The number of aromatic nitrogens is 2. The Hall–Kier alpha value is -2.08. The molecule has 0 aliphatic heterocycles. The summed E-state index contributed by atoms with van der Waals surface area (Å²) in [5, 5.41) is 19.5. The van der Waals surface area contributed by atoms with Gasteiger partial charge in [0.2, 0.25) is 0 Å². The predicted molar refractivity (Wildman–Crippen MR) is 76.6 cm³/mol. The zero-order valence-corrected chi connectivity index (χ0v) is 11.7. The van der Waals surface area contributed by atoms with Crippen LogP contribution in [0.4, 0.5) is 0 Å². The molecule has 2 heterocycles. The number of nitrogens with zero attached hydrogens (tertiary/aromatic N) is 1. The average molecular weight is 289 g/mol. The van der Waals surface area contributed by atoms with E-state index in [1.807, 2.05) is 0 Å². The number of amides is 1. The van der Waals surface area contributed by atoms with Crippen molar-refractivity contribution in [3.05, 3.63) is 30.2 Å². The summed E-state index contributed by atoms with van der Waals surface area (Å²) >= 11 is 0. The summed E-state index contributed by atoms with van der Waals surface area (Å²) in [7, 11) is 0. The number of aromatic amines is 1. The zero-order valence-electron chi connectivity index (χ0n) is 11.7. The first-order valence-electron chi connectivity index (χ1n) is 7.29. The van der Waals surface area contributed by atoms with Crippen molar-refractivity contribution in [3.63, 3.8) is 0 Å². The molecule has 3 N–H and O–H groups in total. The van der Waals surface area contributed by atoms with E-state index in [-0.39, 0.29) is 12.5 Å². The highest BCUT2D eigenvalue weighted by Crippen LogP contribution is 2.27. The van der Waals surface area contributed by atoms with Gasteiger partial charge in [-0.05, 0) is 30.9 Å². The molecule has 1 aliphatic rings. The predicted octanol–water partition coefficient (Wildman–Crippen LogP) is 1.95. The van der Waals surface area contributed by atoms with Crippen LogP contribution in [0.3, 0.4) is 0 Å². The number of hydrogen-bond acceptors (Lipinski definition) is 4. The zero-order chi connectivity index (χ0) is 14.7. The highest BCUT2D eigenvalue weighted by Gasteiger charge is 2.23. The highest BCUT2D eigenvalue weighted by molar-refractivity contribution is 5.93. The molecule has 3 rings (SSSR count). The van der Waals surface area contributed by atoms with Gasteiger partial charge in [-0.2, -0.15) is 5.10 Å². The maximum atomic E-state index is 12.0. The van der Waals surface area contributed by atoms with E-state index < -0.39 is 6.10 Å². The van der Waals surface area contributed by atoms with E-state index >= 15 is 0 Å². The summed E-state index contributed by atoms with van der Waals surface area (Å²) < 4.78 is 5.24. The molecule has 1 atom stereocenters. The van der Waals surface area contributed by atoms with Crippen molar-refractivity contribution < 1.29 is 14.3 Å². The molecule has 6 nitrogen and oxygen atoms in total. The maximum absolute atomic E-state index is 12.0. The molecule has 1 fully saturated rings. The lowest BCUT2D eigenvalue weighted by Gasteiger charge is -2.17. The van der Waals surface area contributed by atoms with Crippen LogP contribution in [0.5, 0.6) is 0 Å². The first-order chi connectivity index (χ1) is 10.2. The summed E-state index contributed by atoms with van der Waals surface area (Å²) in [6, 6.07) is 5.20. The van der Waals surface area contributed by atoms with E-state index in [0.717, 1.165) is 12.8 Å². The summed E-state index contributed by atoms with van der Waals surface area (Å²) in [5.74, 6) is 0.650. The molecule has 1 saturated carbocycles. The van der Waals surface area contributed by atoms with Crippen LogP contribution in [0.2, 0.25) is 0 Å². The smallest absolute Gasteiger partial charge is 0.271 e.